The van der Waals surface area contributed by atoms with Gasteiger partial charge in [0.25, 0.3) is 0 Å². The zero-order chi connectivity index (χ0) is 21.6. The minimum Gasteiger partial charge on any atom is -0.490 e. The zero-order valence-corrected chi connectivity index (χ0v) is 17.4. The summed E-state index contributed by atoms with van der Waals surface area (Å²) in [6.07, 6.45) is -1.43. The Kier molecular flexibility index (Phi) is 7.64. The van der Waals surface area contributed by atoms with E-state index in [0.29, 0.717) is 40.9 Å². The average molecular weight is 458 g/mol. The highest BCUT2D eigenvalue weighted by Gasteiger charge is 2.25. The number of halogens is 5. The first-order chi connectivity index (χ1) is 14.3. The summed E-state index contributed by atoms with van der Waals surface area (Å²) in [5.74, 6) is 0.556. The molecule has 0 unspecified atom stereocenters. The van der Waals surface area contributed by atoms with Gasteiger partial charge in [-0.05, 0) is 43.7 Å². The summed E-state index contributed by atoms with van der Waals surface area (Å²) in [4.78, 5) is 0. The molecule has 0 aliphatic rings. The lowest BCUT2D eigenvalue weighted by Crippen LogP contribution is -2.29. The van der Waals surface area contributed by atoms with Crippen LogP contribution in [0.3, 0.4) is 0 Å². The van der Waals surface area contributed by atoms with Gasteiger partial charge in [0.05, 0.1) is 30.1 Å². The van der Waals surface area contributed by atoms with Gasteiger partial charge >= 0.3 is 6.18 Å². The second-order valence-electron chi connectivity index (χ2n) is 6.58. The van der Waals surface area contributed by atoms with Crippen LogP contribution in [0, 0.1) is 0 Å². The van der Waals surface area contributed by atoms with Crippen molar-refractivity contribution in [1.29, 1.82) is 0 Å². The van der Waals surface area contributed by atoms with Crippen LogP contribution < -0.4 is 10.1 Å². The van der Waals surface area contributed by atoms with Crippen LogP contribution in [0.15, 0.2) is 54.7 Å². The van der Waals surface area contributed by atoms with Gasteiger partial charge in [-0.3, -0.25) is 0 Å². The van der Waals surface area contributed by atoms with Gasteiger partial charge in [-0.15, -0.1) is 0 Å². The summed E-state index contributed by atoms with van der Waals surface area (Å²) in [5.41, 5.74) is 2.27. The lowest BCUT2D eigenvalue weighted by atomic mass is 10.1. The summed E-state index contributed by atoms with van der Waals surface area (Å²) in [6.45, 7) is -0.368. The number of nitrogens with zero attached hydrogens (tertiary/aromatic N) is 2. The van der Waals surface area contributed by atoms with Crippen LogP contribution in [0.25, 0.3) is 16.9 Å². The van der Waals surface area contributed by atoms with E-state index in [1.54, 1.807) is 29.1 Å². The molecule has 0 bridgehead atoms. The Morgan fingerprint density at radius 2 is 1.73 bits per heavy atom. The maximum absolute atomic E-state index is 12.1. The predicted octanol–water partition coefficient (Wildman–Crippen LogP) is 6.16. The molecule has 3 rings (SSSR count). The van der Waals surface area contributed by atoms with Crippen molar-refractivity contribution in [3.8, 4) is 22.7 Å². The molecule has 0 saturated carbocycles. The molecule has 0 saturated heterocycles. The van der Waals surface area contributed by atoms with Crippen molar-refractivity contribution < 1.29 is 17.9 Å². The van der Waals surface area contributed by atoms with Crippen LogP contribution in [0.5, 0.6) is 5.75 Å². The number of aromatic nitrogens is 2. The van der Waals surface area contributed by atoms with E-state index >= 15 is 0 Å². The number of hydrogen-bond acceptors (Lipinski definition) is 3. The minimum absolute atomic E-state index is 0.270. The highest BCUT2D eigenvalue weighted by atomic mass is 35.5. The van der Waals surface area contributed by atoms with E-state index in [9.17, 15) is 13.2 Å². The number of hydrogen-bond donors (Lipinski definition) is 1. The van der Waals surface area contributed by atoms with Gasteiger partial charge in [0, 0.05) is 10.6 Å². The maximum Gasteiger partial charge on any atom is 0.401 e. The van der Waals surface area contributed by atoms with Crippen molar-refractivity contribution in [2.24, 2.45) is 0 Å². The van der Waals surface area contributed by atoms with Crippen LogP contribution in [0.4, 0.5) is 13.2 Å². The van der Waals surface area contributed by atoms with E-state index in [2.05, 4.69) is 10.4 Å². The van der Waals surface area contributed by atoms with Crippen LogP contribution >= 0.6 is 23.2 Å². The standard InChI is InChI=1S/C21H20Cl2F3N3O/c22-16-9-7-15(8-10-16)20-19(30-12-4-3-11-27-14-21(24,25)26)13-28-29(20)18-6-2-1-5-17(18)23/h1-2,5-10,13,27H,3-4,11-12,14H2. The van der Waals surface area contributed by atoms with E-state index in [4.69, 9.17) is 27.9 Å². The molecule has 0 radical (unpaired) electrons. The van der Waals surface area contributed by atoms with Gasteiger partial charge in [0.1, 0.15) is 5.69 Å². The molecule has 0 aliphatic carbocycles. The van der Waals surface area contributed by atoms with Crippen molar-refractivity contribution in [2.75, 3.05) is 19.7 Å². The predicted molar refractivity (Wildman–Crippen MR) is 113 cm³/mol. The molecule has 4 nitrogen and oxygen atoms in total. The lowest BCUT2D eigenvalue weighted by Gasteiger charge is -2.12. The van der Waals surface area contributed by atoms with Crippen LogP contribution in [0.1, 0.15) is 12.8 Å². The molecule has 1 N–H and O–H groups in total. The monoisotopic (exact) mass is 457 g/mol. The first-order valence-corrected chi connectivity index (χ1v) is 10.1. The molecule has 2 aromatic carbocycles. The van der Waals surface area contributed by atoms with Crippen LogP contribution in [-0.4, -0.2) is 35.7 Å². The summed E-state index contributed by atoms with van der Waals surface area (Å²) in [7, 11) is 0. The number of alkyl halides is 3. The fraction of sp³-hybridized carbons (Fsp3) is 0.286. The fourth-order valence-electron chi connectivity index (χ4n) is 2.88. The Hall–Kier alpha value is -2.22. The number of nitrogens with one attached hydrogen (secondary N) is 1. The van der Waals surface area contributed by atoms with E-state index in [0.717, 1.165) is 11.3 Å². The van der Waals surface area contributed by atoms with Crippen molar-refractivity contribution in [2.45, 2.75) is 19.0 Å². The van der Waals surface area contributed by atoms with Crippen LogP contribution in [-0.2, 0) is 0 Å². The van der Waals surface area contributed by atoms with E-state index in [1.165, 1.54) is 0 Å². The third-order valence-electron chi connectivity index (χ3n) is 4.26. The summed E-state index contributed by atoms with van der Waals surface area (Å²) < 4.78 is 44.0. The van der Waals surface area contributed by atoms with Crippen molar-refractivity contribution in [1.82, 2.24) is 15.1 Å². The first-order valence-electron chi connectivity index (χ1n) is 9.34. The number of ether oxygens (including phenoxy) is 1. The highest BCUT2D eigenvalue weighted by Crippen LogP contribution is 2.34. The normalized spacial score (nSPS) is 11.6. The molecule has 0 fully saturated rings. The number of benzene rings is 2. The molecule has 30 heavy (non-hydrogen) atoms. The van der Waals surface area contributed by atoms with Crippen LogP contribution in [0.2, 0.25) is 10.0 Å². The third kappa shape index (κ3) is 6.14. The second kappa shape index (κ2) is 10.2. The largest absolute Gasteiger partial charge is 0.490 e. The van der Waals surface area contributed by atoms with Gasteiger partial charge < -0.3 is 10.1 Å². The SMILES string of the molecule is FC(F)(F)CNCCCCOc1cnn(-c2ccccc2Cl)c1-c1ccc(Cl)cc1. The molecule has 0 amide bonds. The molecule has 0 atom stereocenters. The Labute approximate surface area is 182 Å². The smallest absolute Gasteiger partial charge is 0.401 e. The molecule has 0 spiro atoms. The fourth-order valence-corrected chi connectivity index (χ4v) is 3.22. The number of unbranched alkanes of at least 4 members (excludes halogenated alkanes) is 1. The lowest BCUT2D eigenvalue weighted by molar-refractivity contribution is -0.124. The van der Waals surface area contributed by atoms with E-state index in [1.807, 2.05) is 30.3 Å². The van der Waals surface area contributed by atoms with Crippen molar-refractivity contribution >= 4 is 23.2 Å². The Balaban J connectivity index is 1.72. The average Bonchev–Trinajstić information content (AvgIpc) is 3.11. The van der Waals surface area contributed by atoms with Gasteiger partial charge in [0.15, 0.2) is 5.75 Å². The van der Waals surface area contributed by atoms with Gasteiger partial charge in [0.2, 0.25) is 0 Å². The van der Waals surface area contributed by atoms with Gasteiger partial charge in [-0.25, -0.2) is 4.68 Å². The molecule has 0 aliphatic heterocycles. The first kappa shape index (κ1) is 22.5. The van der Waals surface area contributed by atoms with E-state index < -0.39 is 12.7 Å². The summed E-state index contributed by atoms with van der Waals surface area (Å²) in [5, 5.41) is 7.96. The quantitative estimate of drug-likeness (QED) is 0.391. The molecular formula is C21H20Cl2F3N3O. The summed E-state index contributed by atoms with van der Waals surface area (Å²) >= 11 is 12.4. The minimum atomic E-state index is -4.20. The molecule has 160 valence electrons. The maximum atomic E-state index is 12.1. The Morgan fingerprint density at radius 3 is 2.43 bits per heavy atom. The number of rotatable bonds is 9. The highest BCUT2D eigenvalue weighted by molar-refractivity contribution is 6.32. The molecule has 3 aromatic rings. The second-order valence-corrected chi connectivity index (χ2v) is 7.42. The molecular weight excluding hydrogens is 438 g/mol. The third-order valence-corrected chi connectivity index (χ3v) is 4.84. The Morgan fingerprint density at radius 1 is 1.00 bits per heavy atom. The van der Waals surface area contributed by atoms with E-state index in [-0.39, 0.29) is 6.54 Å². The van der Waals surface area contributed by atoms with Gasteiger partial charge in [-0.1, -0.05) is 47.5 Å². The van der Waals surface area contributed by atoms with Crippen molar-refractivity contribution in [3.05, 3.63) is 64.8 Å². The van der Waals surface area contributed by atoms with Crippen molar-refractivity contribution in [3.63, 3.8) is 0 Å². The molecule has 1 aromatic heterocycles. The number of para-hydroxylation sites is 1. The zero-order valence-electron chi connectivity index (χ0n) is 15.9. The molecule has 9 heteroatoms. The summed E-state index contributed by atoms with van der Waals surface area (Å²) in [6, 6.07) is 14.6. The Bertz CT molecular complexity index is 959. The topological polar surface area (TPSA) is 39.1 Å². The molecule has 1 heterocycles. The van der Waals surface area contributed by atoms with Gasteiger partial charge in [-0.2, -0.15) is 18.3 Å².